The minimum absolute atomic E-state index is 0.0210. The van der Waals surface area contributed by atoms with Gasteiger partial charge >= 0.3 is 0 Å². The van der Waals surface area contributed by atoms with Crippen molar-refractivity contribution in [1.82, 2.24) is 5.32 Å². The topological polar surface area (TPSA) is 64.3 Å². The number of nitrogens with one attached hydrogen (secondary N) is 1. The molecule has 0 saturated carbocycles. The SMILES string of the molecule is CCOc1c(F)cccc1C(=O)NCC(C)(C)N. The number of benzene rings is 1. The Kier molecular flexibility index (Phi) is 4.67. The fraction of sp³-hybridized carbons (Fsp3) is 0.462. The fourth-order valence-electron chi connectivity index (χ4n) is 1.38. The van der Waals surface area contributed by atoms with Crippen molar-refractivity contribution in [3.05, 3.63) is 29.6 Å². The van der Waals surface area contributed by atoms with Crippen LogP contribution in [0.25, 0.3) is 0 Å². The number of carbonyl (C=O) groups excluding carboxylic acids is 1. The maximum absolute atomic E-state index is 13.5. The second-order valence-electron chi connectivity index (χ2n) is 4.72. The molecule has 100 valence electrons. The van der Waals surface area contributed by atoms with E-state index in [-0.39, 0.29) is 11.3 Å². The molecule has 0 radical (unpaired) electrons. The Bertz CT molecular complexity index is 427. The van der Waals surface area contributed by atoms with Crippen molar-refractivity contribution in [1.29, 1.82) is 0 Å². The summed E-state index contributed by atoms with van der Waals surface area (Å²) in [4.78, 5) is 11.9. The maximum Gasteiger partial charge on any atom is 0.255 e. The van der Waals surface area contributed by atoms with Crippen LogP contribution in [0.4, 0.5) is 4.39 Å². The summed E-state index contributed by atoms with van der Waals surface area (Å²) in [7, 11) is 0. The fourth-order valence-corrected chi connectivity index (χ4v) is 1.38. The number of amides is 1. The van der Waals surface area contributed by atoms with Crippen LogP contribution in [-0.2, 0) is 0 Å². The lowest BCUT2D eigenvalue weighted by atomic mass is 10.1. The summed E-state index contributed by atoms with van der Waals surface area (Å²) < 4.78 is 18.7. The van der Waals surface area contributed by atoms with Gasteiger partial charge in [0.2, 0.25) is 0 Å². The lowest BCUT2D eigenvalue weighted by Crippen LogP contribution is -2.45. The van der Waals surface area contributed by atoms with Gasteiger partial charge in [-0.05, 0) is 32.9 Å². The minimum Gasteiger partial charge on any atom is -0.490 e. The average Bonchev–Trinajstić information content (AvgIpc) is 2.28. The number of halogens is 1. The van der Waals surface area contributed by atoms with Crippen LogP contribution in [0.1, 0.15) is 31.1 Å². The summed E-state index contributed by atoms with van der Waals surface area (Å²) in [6, 6.07) is 4.25. The van der Waals surface area contributed by atoms with Crippen LogP contribution >= 0.6 is 0 Å². The summed E-state index contributed by atoms with van der Waals surface area (Å²) >= 11 is 0. The molecule has 0 unspecified atom stereocenters. The van der Waals surface area contributed by atoms with Gasteiger partial charge in [-0.25, -0.2) is 4.39 Å². The monoisotopic (exact) mass is 254 g/mol. The van der Waals surface area contributed by atoms with Gasteiger partial charge in [-0.1, -0.05) is 6.07 Å². The van der Waals surface area contributed by atoms with Gasteiger partial charge < -0.3 is 15.8 Å². The van der Waals surface area contributed by atoms with E-state index in [1.807, 2.05) is 0 Å². The van der Waals surface area contributed by atoms with E-state index in [0.717, 1.165) is 0 Å². The van der Waals surface area contributed by atoms with E-state index in [4.69, 9.17) is 10.5 Å². The first-order chi connectivity index (χ1) is 8.35. The number of hydrogen-bond acceptors (Lipinski definition) is 3. The van der Waals surface area contributed by atoms with Crippen LogP contribution in [-0.4, -0.2) is 24.6 Å². The van der Waals surface area contributed by atoms with Gasteiger partial charge in [-0.2, -0.15) is 0 Å². The lowest BCUT2D eigenvalue weighted by Gasteiger charge is -2.19. The molecule has 0 saturated heterocycles. The zero-order valence-corrected chi connectivity index (χ0v) is 10.9. The predicted molar refractivity (Wildman–Crippen MR) is 68.2 cm³/mol. The van der Waals surface area contributed by atoms with E-state index in [0.29, 0.717) is 13.2 Å². The van der Waals surface area contributed by atoms with Gasteiger partial charge in [0.25, 0.3) is 5.91 Å². The van der Waals surface area contributed by atoms with Gasteiger partial charge in [-0.3, -0.25) is 4.79 Å². The minimum atomic E-state index is -0.545. The second kappa shape index (κ2) is 5.82. The van der Waals surface area contributed by atoms with Crippen molar-refractivity contribution in [2.45, 2.75) is 26.3 Å². The van der Waals surface area contributed by atoms with Crippen molar-refractivity contribution < 1.29 is 13.9 Å². The van der Waals surface area contributed by atoms with Gasteiger partial charge in [0, 0.05) is 12.1 Å². The van der Waals surface area contributed by atoms with Crippen molar-refractivity contribution in [3.63, 3.8) is 0 Å². The molecule has 1 aromatic rings. The first-order valence-electron chi connectivity index (χ1n) is 5.83. The number of para-hydroxylation sites is 1. The van der Waals surface area contributed by atoms with Crippen molar-refractivity contribution in [3.8, 4) is 5.75 Å². The zero-order chi connectivity index (χ0) is 13.8. The third-order valence-electron chi connectivity index (χ3n) is 2.20. The summed E-state index contributed by atoms with van der Waals surface area (Å²) in [5, 5.41) is 2.65. The van der Waals surface area contributed by atoms with Crippen LogP contribution in [0.5, 0.6) is 5.75 Å². The van der Waals surface area contributed by atoms with E-state index < -0.39 is 17.3 Å². The van der Waals surface area contributed by atoms with Crippen molar-refractivity contribution in [2.24, 2.45) is 5.73 Å². The third kappa shape index (κ3) is 4.00. The Morgan fingerprint density at radius 2 is 2.17 bits per heavy atom. The molecule has 1 aromatic carbocycles. The molecule has 0 aliphatic heterocycles. The van der Waals surface area contributed by atoms with E-state index in [9.17, 15) is 9.18 Å². The average molecular weight is 254 g/mol. The summed E-state index contributed by atoms with van der Waals surface area (Å²) in [5.74, 6) is -0.958. The molecule has 0 bridgehead atoms. The summed E-state index contributed by atoms with van der Waals surface area (Å²) in [6.45, 7) is 5.92. The molecule has 1 rings (SSSR count). The highest BCUT2D eigenvalue weighted by Crippen LogP contribution is 2.22. The van der Waals surface area contributed by atoms with Gasteiger partial charge in [0.15, 0.2) is 11.6 Å². The first-order valence-corrected chi connectivity index (χ1v) is 5.83. The van der Waals surface area contributed by atoms with Crippen LogP contribution in [0.3, 0.4) is 0 Å². The van der Waals surface area contributed by atoms with Crippen LogP contribution in [0, 0.1) is 5.82 Å². The maximum atomic E-state index is 13.5. The van der Waals surface area contributed by atoms with Gasteiger partial charge in [0.05, 0.1) is 12.2 Å². The van der Waals surface area contributed by atoms with Crippen LogP contribution < -0.4 is 15.8 Å². The molecule has 3 N–H and O–H groups in total. The Labute approximate surface area is 106 Å². The molecule has 0 heterocycles. The Hall–Kier alpha value is -1.62. The van der Waals surface area contributed by atoms with E-state index in [1.54, 1.807) is 20.8 Å². The van der Waals surface area contributed by atoms with Crippen molar-refractivity contribution in [2.75, 3.05) is 13.2 Å². The second-order valence-corrected chi connectivity index (χ2v) is 4.72. The standard InChI is InChI=1S/C13H19FN2O2/c1-4-18-11-9(6-5-7-10(11)14)12(17)16-8-13(2,3)15/h5-7H,4,8,15H2,1-3H3,(H,16,17). The highest BCUT2D eigenvalue weighted by Gasteiger charge is 2.18. The molecule has 0 fully saturated rings. The largest absolute Gasteiger partial charge is 0.490 e. The van der Waals surface area contributed by atoms with Crippen LogP contribution in [0.2, 0.25) is 0 Å². The molecular formula is C13H19FN2O2. The normalized spacial score (nSPS) is 11.2. The van der Waals surface area contributed by atoms with Gasteiger partial charge in [0.1, 0.15) is 0 Å². The Morgan fingerprint density at radius 3 is 2.72 bits per heavy atom. The number of hydrogen-bond donors (Lipinski definition) is 2. The van der Waals surface area contributed by atoms with Crippen molar-refractivity contribution >= 4 is 5.91 Å². The van der Waals surface area contributed by atoms with E-state index in [1.165, 1.54) is 18.2 Å². The Morgan fingerprint density at radius 1 is 1.50 bits per heavy atom. The van der Waals surface area contributed by atoms with E-state index >= 15 is 0 Å². The molecule has 0 aromatic heterocycles. The summed E-state index contributed by atoms with van der Waals surface area (Å²) in [5.41, 5.74) is 5.43. The summed E-state index contributed by atoms with van der Waals surface area (Å²) in [6.07, 6.45) is 0. The zero-order valence-electron chi connectivity index (χ0n) is 10.9. The molecule has 4 nitrogen and oxygen atoms in total. The third-order valence-corrected chi connectivity index (χ3v) is 2.20. The molecule has 0 aliphatic rings. The smallest absolute Gasteiger partial charge is 0.255 e. The highest BCUT2D eigenvalue weighted by atomic mass is 19.1. The molecule has 5 heteroatoms. The quantitative estimate of drug-likeness (QED) is 0.840. The first kappa shape index (κ1) is 14.4. The Balaban J connectivity index is 2.88. The van der Waals surface area contributed by atoms with Gasteiger partial charge in [-0.15, -0.1) is 0 Å². The molecular weight excluding hydrogens is 235 g/mol. The number of nitrogens with two attached hydrogens (primary N) is 1. The molecule has 18 heavy (non-hydrogen) atoms. The number of ether oxygens (including phenoxy) is 1. The molecule has 0 spiro atoms. The number of rotatable bonds is 5. The number of carbonyl (C=O) groups is 1. The predicted octanol–water partition coefficient (Wildman–Crippen LogP) is 1.69. The highest BCUT2D eigenvalue weighted by molar-refractivity contribution is 5.97. The lowest BCUT2D eigenvalue weighted by molar-refractivity contribution is 0.0941. The van der Waals surface area contributed by atoms with E-state index in [2.05, 4.69) is 5.32 Å². The molecule has 0 atom stereocenters. The molecule has 1 amide bonds. The van der Waals surface area contributed by atoms with Crippen LogP contribution in [0.15, 0.2) is 18.2 Å². The molecule has 0 aliphatic carbocycles.